The van der Waals surface area contributed by atoms with E-state index in [1.54, 1.807) is 18.4 Å². The highest BCUT2D eigenvalue weighted by molar-refractivity contribution is 7.99. The normalized spacial score (nSPS) is 12.1. The Morgan fingerprint density at radius 2 is 2.06 bits per heavy atom. The highest BCUT2D eigenvalue weighted by Gasteiger charge is 2.26. The minimum atomic E-state index is -1.09. The Hall–Kier alpha value is -1.08. The molecule has 0 aliphatic rings. The highest BCUT2D eigenvalue weighted by atomic mass is 32.2. The second kappa shape index (κ2) is 5.71. The molecule has 1 aromatic heterocycles. The van der Waals surface area contributed by atoms with E-state index in [2.05, 4.69) is 10.2 Å². The summed E-state index contributed by atoms with van der Waals surface area (Å²) in [5.74, 6) is -0.151. The zero-order valence-electron chi connectivity index (χ0n) is 11.0. The monoisotopic (exact) mass is 273 g/mol. The summed E-state index contributed by atoms with van der Waals surface area (Å²) >= 11 is 1.11. The van der Waals surface area contributed by atoms with Gasteiger partial charge in [-0.1, -0.05) is 25.6 Å². The van der Waals surface area contributed by atoms with Crippen molar-refractivity contribution in [2.45, 2.75) is 45.0 Å². The molecule has 0 aliphatic carbocycles. The molecule has 1 heterocycles. The zero-order chi connectivity index (χ0) is 13.9. The Morgan fingerprint density at radius 1 is 1.44 bits per heavy atom. The number of carboxylic acid groups (broad SMARTS) is 1. The SMILES string of the molecule is CC(C)Cn1c(SCC(=O)O)nnc1C(C)(C)O. The third kappa shape index (κ3) is 3.99. The Morgan fingerprint density at radius 3 is 2.50 bits per heavy atom. The molecule has 0 amide bonds. The Balaban J connectivity index is 3.03. The van der Waals surface area contributed by atoms with Gasteiger partial charge in [-0.05, 0) is 19.8 Å². The standard InChI is InChI=1S/C11H19N3O3S/c1-7(2)5-14-9(11(3,4)17)12-13-10(14)18-6-8(15)16/h7,17H,5-6H2,1-4H3,(H,15,16). The van der Waals surface area contributed by atoms with Crippen LogP contribution in [-0.4, -0.2) is 36.7 Å². The van der Waals surface area contributed by atoms with Gasteiger partial charge in [-0.15, -0.1) is 10.2 Å². The van der Waals surface area contributed by atoms with Crippen LogP contribution in [0.4, 0.5) is 0 Å². The third-order valence-corrected chi connectivity index (χ3v) is 3.09. The summed E-state index contributed by atoms with van der Waals surface area (Å²) in [6, 6.07) is 0. The largest absolute Gasteiger partial charge is 0.481 e. The van der Waals surface area contributed by atoms with Crippen LogP contribution in [0, 0.1) is 5.92 Å². The van der Waals surface area contributed by atoms with Crippen LogP contribution in [0.15, 0.2) is 5.16 Å². The number of hydrogen-bond donors (Lipinski definition) is 2. The van der Waals surface area contributed by atoms with Gasteiger partial charge in [0.15, 0.2) is 11.0 Å². The molecule has 0 bridgehead atoms. The number of aromatic nitrogens is 3. The molecule has 6 nitrogen and oxygen atoms in total. The predicted molar refractivity (Wildman–Crippen MR) is 68.5 cm³/mol. The summed E-state index contributed by atoms with van der Waals surface area (Å²) in [4.78, 5) is 10.6. The van der Waals surface area contributed by atoms with Gasteiger partial charge in [0.25, 0.3) is 0 Å². The van der Waals surface area contributed by atoms with Crippen molar-refractivity contribution < 1.29 is 15.0 Å². The maximum Gasteiger partial charge on any atom is 0.313 e. The third-order valence-electron chi connectivity index (χ3n) is 2.14. The molecular formula is C11H19N3O3S. The first-order chi connectivity index (χ1) is 8.21. The topological polar surface area (TPSA) is 88.2 Å². The maximum atomic E-state index is 10.6. The van der Waals surface area contributed by atoms with Gasteiger partial charge in [0, 0.05) is 6.54 Å². The summed E-state index contributed by atoms with van der Waals surface area (Å²) in [5, 5.41) is 27.2. The van der Waals surface area contributed by atoms with E-state index in [-0.39, 0.29) is 5.75 Å². The molecule has 7 heteroatoms. The van der Waals surface area contributed by atoms with Crippen LogP contribution in [0.2, 0.25) is 0 Å². The second-order valence-electron chi connectivity index (χ2n) is 5.05. The molecule has 0 saturated heterocycles. The fraction of sp³-hybridized carbons (Fsp3) is 0.727. The molecule has 0 fully saturated rings. The molecule has 0 aromatic carbocycles. The summed E-state index contributed by atoms with van der Waals surface area (Å²) in [5.41, 5.74) is -1.09. The Bertz CT molecular complexity index is 424. The lowest BCUT2D eigenvalue weighted by molar-refractivity contribution is -0.133. The molecule has 102 valence electrons. The maximum absolute atomic E-state index is 10.6. The van der Waals surface area contributed by atoms with Gasteiger partial charge in [-0.25, -0.2) is 0 Å². The molecule has 0 saturated carbocycles. The fourth-order valence-electron chi connectivity index (χ4n) is 1.50. The lowest BCUT2D eigenvalue weighted by Gasteiger charge is -2.19. The van der Waals surface area contributed by atoms with E-state index in [0.717, 1.165) is 11.8 Å². The van der Waals surface area contributed by atoms with Crippen LogP contribution in [0.5, 0.6) is 0 Å². The van der Waals surface area contributed by atoms with Crippen LogP contribution in [0.3, 0.4) is 0 Å². The lowest BCUT2D eigenvalue weighted by Crippen LogP contribution is -2.24. The van der Waals surface area contributed by atoms with Gasteiger partial charge in [-0.2, -0.15) is 0 Å². The number of hydrogen-bond acceptors (Lipinski definition) is 5. The van der Waals surface area contributed by atoms with E-state index in [1.807, 2.05) is 13.8 Å². The molecule has 0 radical (unpaired) electrons. The van der Waals surface area contributed by atoms with Gasteiger partial charge >= 0.3 is 5.97 Å². The highest BCUT2D eigenvalue weighted by Crippen LogP contribution is 2.24. The molecule has 1 rings (SSSR count). The van der Waals surface area contributed by atoms with Crippen molar-refractivity contribution in [3.8, 4) is 0 Å². The predicted octanol–water partition coefficient (Wildman–Crippen LogP) is 1.34. The first-order valence-corrected chi connectivity index (χ1v) is 6.71. The van der Waals surface area contributed by atoms with E-state index in [1.165, 1.54) is 0 Å². The van der Waals surface area contributed by atoms with Crippen molar-refractivity contribution in [1.29, 1.82) is 0 Å². The van der Waals surface area contributed by atoms with Crippen LogP contribution < -0.4 is 0 Å². The van der Waals surface area contributed by atoms with Crippen LogP contribution in [-0.2, 0) is 16.9 Å². The Kier molecular flexibility index (Phi) is 4.75. The molecule has 0 unspecified atom stereocenters. The minimum absolute atomic E-state index is 0.0674. The van der Waals surface area contributed by atoms with Crippen molar-refractivity contribution in [2.24, 2.45) is 5.92 Å². The van der Waals surface area contributed by atoms with Crippen LogP contribution in [0.1, 0.15) is 33.5 Å². The van der Waals surface area contributed by atoms with Gasteiger partial charge in [0.2, 0.25) is 0 Å². The summed E-state index contributed by atoms with van der Waals surface area (Å²) in [6.07, 6.45) is 0. The van der Waals surface area contributed by atoms with Gasteiger partial charge in [0.05, 0.1) is 5.75 Å². The van der Waals surface area contributed by atoms with Crippen LogP contribution >= 0.6 is 11.8 Å². The average Bonchev–Trinajstić information content (AvgIpc) is 2.56. The van der Waals surface area contributed by atoms with Gasteiger partial charge in [-0.3, -0.25) is 4.79 Å². The van der Waals surface area contributed by atoms with E-state index in [0.29, 0.717) is 23.4 Å². The first kappa shape index (κ1) is 15.0. The summed E-state index contributed by atoms with van der Waals surface area (Å²) in [6.45, 7) is 8.01. The molecule has 0 spiro atoms. The van der Waals surface area contributed by atoms with Crippen molar-refractivity contribution in [3.63, 3.8) is 0 Å². The number of rotatable bonds is 6. The van der Waals surface area contributed by atoms with Gasteiger partial charge < -0.3 is 14.8 Å². The zero-order valence-corrected chi connectivity index (χ0v) is 11.9. The fourth-order valence-corrected chi connectivity index (χ4v) is 2.17. The van der Waals surface area contributed by atoms with E-state index < -0.39 is 11.6 Å². The van der Waals surface area contributed by atoms with E-state index >= 15 is 0 Å². The molecular weight excluding hydrogens is 254 g/mol. The quantitative estimate of drug-likeness (QED) is 0.760. The summed E-state index contributed by atoms with van der Waals surface area (Å²) in [7, 11) is 0. The number of nitrogens with zero attached hydrogens (tertiary/aromatic N) is 3. The van der Waals surface area contributed by atoms with Crippen molar-refractivity contribution in [3.05, 3.63) is 5.82 Å². The molecule has 1 aromatic rings. The number of carbonyl (C=O) groups is 1. The molecule has 0 atom stereocenters. The van der Waals surface area contributed by atoms with Crippen molar-refractivity contribution in [1.82, 2.24) is 14.8 Å². The number of carboxylic acids is 1. The van der Waals surface area contributed by atoms with Crippen molar-refractivity contribution >= 4 is 17.7 Å². The second-order valence-corrected chi connectivity index (χ2v) is 5.99. The van der Waals surface area contributed by atoms with Gasteiger partial charge in [0.1, 0.15) is 5.60 Å². The average molecular weight is 273 g/mol. The van der Waals surface area contributed by atoms with Crippen molar-refractivity contribution in [2.75, 3.05) is 5.75 Å². The first-order valence-electron chi connectivity index (χ1n) is 5.72. The van der Waals surface area contributed by atoms with E-state index in [4.69, 9.17) is 5.11 Å². The van der Waals surface area contributed by atoms with E-state index in [9.17, 15) is 9.90 Å². The number of aliphatic carboxylic acids is 1. The number of aliphatic hydroxyl groups is 1. The smallest absolute Gasteiger partial charge is 0.313 e. The molecule has 2 N–H and O–H groups in total. The van der Waals surface area contributed by atoms with Crippen LogP contribution in [0.25, 0.3) is 0 Å². The molecule has 0 aliphatic heterocycles. The Labute approximate surface area is 110 Å². The number of thioether (sulfide) groups is 1. The minimum Gasteiger partial charge on any atom is -0.481 e. The molecule has 18 heavy (non-hydrogen) atoms. The summed E-state index contributed by atoms with van der Waals surface area (Å²) < 4.78 is 1.79. The lowest BCUT2D eigenvalue weighted by atomic mass is 10.1.